The van der Waals surface area contributed by atoms with Crippen molar-refractivity contribution in [1.82, 2.24) is 5.32 Å². The minimum atomic E-state index is -4.42. The van der Waals surface area contributed by atoms with Crippen molar-refractivity contribution < 1.29 is 22.7 Å². The van der Waals surface area contributed by atoms with Gasteiger partial charge in [-0.25, -0.2) is 4.79 Å². The zero-order valence-electron chi connectivity index (χ0n) is 12.3. The molecule has 0 radical (unpaired) electrons. The summed E-state index contributed by atoms with van der Waals surface area (Å²) in [6.45, 7) is 5.11. The Hall–Kier alpha value is -1.37. The topological polar surface area (TPSA) is 38.3 Å². The molecule has 0 spiro atoms. The number of nitrogens with one attached hydrogen (secondary N) is 1. The second kappa shape index (κ2) is 6.60. The van der Waals surface area contributed by atoms with Crippen LogP contribution in [0.5, 0.6) is 0 Å². The van der Waals surface area contributed by atoms with Crippen LogP contribution in [-0.2, 0) is 17.5 Å². The van der Waals surface area contributed by atoms with E-state index in [4.69, 9.17) is 4.74 Å². The zero-order chi connectivity index (χ0) is 16.3. The number of ether oxygens (including phenoxy) is 1. The van der Waals surface area contributed by atoms with Gasteiger partial charge in [-0.1, -0.05) is 6.07 Å². The van der Waals surface area contributed by atoms with Crippen LogP contribution >= 0.6 is 11.8 Å². The van der Waals surface area contributed by atoms with E-state index in [1.165, 1.54) is 6.07 Å². The molecule has 7 heteroatoms. The summed E-state index contributed by atoms with van der Waals surface area (Å²) in [5.41, 5.74) is -0.978. The van der Waals surface area contributed by atoms with Crippen LogP contribution in [-0.4, -0.2) is 18.0 Å². The molecule has 0 unspecified atom stereocenters. The lowest BCUT2D eigenvalue weighted by atomic mass is 10.1. The fourth-order valence-corrected chi connectivity index (χ4v) is 2.17. The highest BCUT2D eigenvalue weighted by Gasteiger charge is 2.33. The number of carbonyl (C=O) groups is 1. The van der Waals surface area contributed by atoms with Crippen molar-refractivity contribution in [3.8, 4) is 0 Å². The highest BCUT2D eigenvalue weighted by molar-refractivity contribution is 7.98. The predicted octanol–water partition coefficient (Wildman–Crippen LogP) is 4.45. The molecule has 0 aliphatic carbocycles. The van der Waals surface area contributed by atoms with Gasteiger partial charge in [0.25, 0.3) is 0 Å². The molecular weight excluding hydrogens is 303 g/mol. The Morgan fingerprint density at radius 3 is 2.38 bits per heavy atom. The Morgan fingerprint density at radius 2 is 1.90 bits per heavy atom. The molecule has 0 heterocycles. The summed E-state index contributed by atoms with van der Waals surface area (Å²) in [6, 6.07) is 4.00. The van der Waals surface area contributed by atoms with Crippen LogP contribution in [0.15, 0.2) is 23.1 Å². The van der Waals surface area contributed by atoms with Crippen molar-refractivity contribution in [2.45, 2.75) is 44.0 Å². The average molecular weight is 321 g/mol. The summed E-state index contributed by atoms with van der Waals surface area (Å²) >= 11 is 1.03. The third-order valence-electron chi connectivity index (χ3n) is 2.41. The van der Waals surface area contributed by atoms with Crippen molar-refractivity contribution in [3.63, 3.8) is 0 Å². The molecule has 1 aromatic carbocycles. The first-order valence-corrected chi connectivity index (χ1v) is 7.46. The number of alkyl halides is 3. The highest BCUT2D eigenvalue weighted by atomic mass is 32.2. The van der Waals surface area contributed by atoms with Crippen molar-refractivity contribution in [1.29, 1.82) is 0 Å². The molecule has 0 atom stereocenters. The largest absolute Gasteiger partial charge is 0.444 e. The summed E-state index contributed by atoms with van der Waals surface area (Å²) in [6.07, 6.45) is -3.49. The maximum atomic E-state index is 12.9. The van der Waals surface area contributed by atoms with Crippen LogP contribution in [0, 0.1) is 0 Å². The summed E-state index contributed by atoms with van der Waals surface area (Å²) in [7, 11) is 0. The summed E-state index contributed by atoms with van der Waals surface area (Å²) in [5.74, 6) is 0. The molecule has 1 rings (SSSR count). The van der Waals surface area contributed by atoms with Gasteiger partial charge >= 0.3 is 12.3 Å². The van der Waals surface area contributed by atoms with Gasteiger partial charge in [-0.3, -0.25) is 0 Å². The number of hydrogen-bond acceptors (Lipinski definition) is 3. The molecule has 0 aliphatic heterocycles. The van der Waals surface area contributed by atoms with Crippen molar-refractivity contribution >= 4 is 17.9 Å². The van der Waals surface area contributed by atoms with Gasteiger partial charge in [-0.05, 0) is 44.7 Å². The lowest BCUT2D eigenvalue weighted by Gasteiger charge is -2.20. The first-order chi connectivity index (χ1) is 9.53. The number of rotatable bonds is 3. The first kappa shape index (κ1) is 17.7. The Morgan fingerprint density at radius 1 is 1.29 bits per heavy atom. The number of amides is 1. The third kappa shape index (κ3) is 5.87. The molecule has 1 amide bonds. The fourth-order valence-electron chi connectivity index (χ4n) is 1.58. The van der Waals surface area contributed by atoms with Crippen molar-refractivity contribution in [2.24, 2.45) is 0 Å². The number of benzene rings is 1. The highest BCUT2D eigenvalue weighted by Crippen LogP contribution is 2.36. The van der Waals surface area contributed by atoms with E-state index < -0.39 is 23.4 Å². The molecule has 3 nitrogen and oxygen atoms in total. The molecule has 118 valence electrons. The van der Waals surface area contributed by atoms with E-state index in [1.54, 1.807) is 33.1 Å². The van der Waals surface area contributed by atoms with Gasteiger partial charge in [0, 0.05) is 11.4 Å². The molecule has 0 saturated heterocycles. The van der Waals surface area contributed by atoms with Gasteiger partial charge in [0.2, 0.25) is 0 Å². The maximum Gasteiger partial charge on any atom is 0.417 e. The van der Waals surface area contributed by atoms with E-state index in [2.05, 4.69) is 5.32 Å². The van der Waals surface area contributed by atoms with Gasteiger partial charge in [-0.15, -0.1) is 11.8 Å². The number of carbonyl (C=O) groups excluding carboxylic acids is 1. The Kier molecular flexibility index (Phi) is 5.55. The minimum absolute atomic E-state index is 0.0212. The minimum Gasteiger partial charge on any atom is -0.444 e. The number of alkyl carbamates (subject to hydrolysis) is 1. The summed E-state index contributed by atoms with van der Waals surface area (Å²) < 4.78 is 43.8. The smallest absolute Gasteiger partial charge is 0.417 e. The van der Waals surface area contributed by atoms with E-state index in [0.717, 1.165) is 17.8 Å². The maximum absolute atomic E-state index is 12.9. The molecule has 0 saturated carbocycles. The first-order valence-electron chi connectivity index (χ1n) is 6.24. The summed E-state index contributed by atoms with van der Waals surface area (Å²) in [5, 5.41) is 2.44. The van der Waals surface area contributed by atoms with Crippen molar-refractivity contribution in [3.05, 3.63) is 29.3 Å². The third-order valence-corrected chi connectivity index (χ3v) is 3.20. The lowest BCUT2D eigenvalue weighted by molar-refractivity contribution is -0.139. The van der Waals surface area contributed by atoms with Gasteiger partial charge in [-0.2, -0.15) is 13.2 Å². The lowest BCUT2D eigenvalue weighted by Crippen LogP contribution is -2.32. The SMILES string of the molecule is CSc1ccc(CNC(=O)OC(C)(C)C)cc1C(F)(F)F. The standard InChI is InChI=1S/C14H18F3NO2S/c1-13(2,3)20-12(19)18-8-9-5-6-11(21-4)10(7-9)14(15,16)17/h5-7H,8H2,1-4H3,(H,18,19). The molecular formula is C14H18F3NO2S. The van der Waals surface area contributed by atoms with Gasteiger partial charge in [0.1, 0.15) is 5.60 Å². The molecule has 0 fully saturated rings. The molecule has 0 bridgehead atoms. The number of hydrogen-bond donors (Lipinski definition) is 1. The molecule has 1 N–H and O–H groups in total. The van der Waals surface area contributed by atoms with Gasteiger partial charge in [0.05, 0.1) is 5.56 Å². The van der Waals surface area contributed by atoms with E-state index >= 15 is 0 Å². The zero-order valence-corrected chi connectivity index (χ0v) is 13.1. The second-order valence-corrected chi connectivity index (χ2v) is 6.24. The fraction of sp³-hybridized carbons (Fsp3) is 0.500. The summed E-state index contributed by atoms with van der Waals surface area (Å²) in [4.78, 5) is 11.6. The molecule has 0 aromatic heterocycles. The van der Waals surface area contributed by atoms with E-state index in [0.29, 0.717) is 5.56 Å². The normalized spacial score (nSPS) is 12.1. The molecule has 0 aliphatic rings. The van der Waals surface area contributed by atoms with Crippen LogP contribution in [0.4, 0.5) is 18.0 Å². The predicted molar refractivity (Wildman–Crippen MR) is 76.3 cm³/mol. The van der Waals surface area contributed by atoms with Crippen LogP contribution < -0.4 is 5.32 Å². The van der Waals surface area contributed by atoms with Gasteiger partial charge in [0.15, 0.2) is 0 Å². The number of thioether (sulfide) groups is 1. The van der Waals surface area contributed by atoms with E-state index in [1.807, 2.05) is 0 Å². The Balaban J connectivity index is 2.80. The van der Waals surface area contributed by atoms with Crippen LogP contribution in [0.1, 0.15) is 31.9 Å². The molecule has 21 heavy (non-hydrogen) atoms. The van der Waals surface area contributed by atoms with E-state index in [-0.39, 0.29) is 11.4 Å². The van der Waals surface area contributed by atoms with E-state index in [9.17, 15) is 18.0 Å². The van der Waals surface area contributed by atoms with Crippen LogP contribution in [0.25, 0.3) is 0 Å². The number of halogens is 3. The van der Waals surface area contributed by atoms with Crippen molar-refractivity contribution in [2.75, 3.05) is 6.26 Å². The molecule has 1 aromatic rings. The van der Waals surface area contributed by atoms with Gasteiger partial charge < -0.3 is 10.1 Å². The monoisotopic (exact) mass is 321 g/mol. The Bertz CT molecular complexity index is 510. The quantitative estimate of drug-likeness (QED) is 0.836. The van der Waals surface area contributed by atoms with Crippen LogP contribution in [0.3, 0.4) is 0 Å². The second-order valence-electron chi connectivity index (χ2n) is 5.39. The Labute approximate surface area is 126 Å². The van der Waals surface area contributed by atoms with Crippen LogP contribution in [0.2, 0.25) is 0 Å². The average Bonchev–Trinajstić information content (AvgIpc) is 2.33.